The number of carbonyl (C=O) groups is 1. The second-order valence-electron chi connectivity index (χ2n) is 4.85. The molecule has 0 saturated carbocycles. The molecule has 2 N–H and O–H groups in total. The zero-order valence-electron chi connectivity index (χ0n) is 11.8. The second kappa shape index (κ2) is 7.62. The number of halogens is 1. The zero-order valence-corrected chi connectivity index (χ0v) is 13.5. The molecular formula is C15H21ClN2OS. The SMILES string of the molecule is CCCC(N)C(=O)N(C)Cc1csc2ccccc12.Cl. The molecule has 110 valence electrons. The Balaban J connectivity index is 0.00000200. The monoisotopic (exact) mass is 312 g/mol. The number of hydrogen-bond donors (Lipinski definition) is 1. The third-order valence-corrected chi connectivity index (χ3v) is 4.27. The summed E-state index contributed by atoms with van der Waals surface area (Å²) in [6.07, 6.45) is 1.68. The predicted octanol–water partition coefficient (Wildman–Crippen LogP) is 3.41. The number of nitrogens with two attached hydrogens (primary N) is 1. The Hall–Kier alpha value is -1.10. The van der Waals surface area contributed by atoms with Gasteiger partial charge in [-0.15, -0.1) is 23.7 Å². The minimum absolute atomic E-state index is 0. The predicted molar refractivity (Wildman–Crippen MR) is 88.4 cm³/mol. The minimum Gasteiger partial charge on any atom is -0.340 e. The van der Waals surface area contributed by atoms with E-state index >= 15 is 0 Å². The van der Waals surface area contributed by atoms with Crippen LogP contribution < -0.4 is 5.73 Å². The highest BCUT2D eigenvalue weighted by Crippen LogP contribution is 2.26. The largest absolute Gasteiger partial charge is 0.340 e. The molecule has 0 aliphatic heterocycles. The van der Waals surface area contributed by atoms with Gasteiger partial charge >= 0.3 is 0 Å². The van der Waals surface area contributed by atoms with Gasteiger partial charge in [-0.1, -0.05) is 31.5 Å². The van der Waals surface area contributed by atoms with Gasteiger partial charge in [0.25, 0.3) is 0 Å². The van der Waals surface area contributed by atoms with Crippen LogP contribution in [-0.4, -0.2) is 23.9 Å². The van der Waals surface area contributed by atoms with Crippen molar-refractivity contribution < 1.29 is 4.79 Å². The molecule has 1 amide bonds. The van der Waals surface area contributed by atoms with Gasteiger partial charge in [-0.2, -0.15) is 0 Å². The van der Waals surface area contributed by atoms with Crippen LogP contribution in [0, 0.1) is 0 Å². The molecule has 20 heavy (non-hydrogen) atoms. The van der Waals surface area contributed by atoms with Gasteiger partial charge in [0.05, 0.1) is 6.04 Å². The molecule has 1 aromatic heterocycles. The Kier molecular flexibility index (Phi) is 6.46. The normalized spacial score (nSPS) is 11.9. The standard InChI is InChI=1S/C15H20N2OS.ClH/c1-3-6-13(16)15(18)17(2)9-11-10-19-14-8-5-4-7-12(11)14;/h4-5,7-8,10,13H,3,6,9,16H2,1-2H3;1H. The van der Waals surface area contributed by atoms with E-state index in [1.165, 1.54) is 15.6 Å². The highest BCUT2D eigenvalue weighted by molar-refractivity contribution is 7.17. The number of likely N-dealkylation sites (N-methyl/N-ethyl adjacent to an activating group) is 1. The molecule has 0 radical (unpaired) electrons. The third kappa shape index (κ3) is 3.72. The van der Waals surface area contributed by atoms with E-state index in [0.717, 1.165) is 12.8 Å². The summed E-state index contributed by atoms with van der Waals surface area (Å²) in [4.78, 5) is 13.8. The molecule has 2 aromatic rings. The number of nitrogens with zero attached hydrogens (tertiary/aromatic N) is 1. The molecule has 3 nitrogen and oxygen atoms in total. The Morgan fingerprint density at radius 1 is 1.40 bits per heavy atom. The van der Waals surface area contributed by atoms with Gasteiger partial charge in [0.1, 0.15) is 0 Å². The maximum Gasteiger partial charge on any atom is 0.239 e. The zero-order chi connectivity index (χ0) is 13.8. The Morgan fingerprint density at radius 2 is 2.10 bits per heavy atom. The second-order valence-corrected chi connectivity index (χ2v) is 5.76. The van der Waals surface area contributed by atoms with Gasteiger partial charge in [0.2, 0.25) is 5.91 Å². The summed E-state index contributed by atoms with van der Waals surface area (Å²) in [5.74, 6) is 0.0251. The summed E-state index contributed by atoms with van der Waals surface area (Å²) < 4.78 is 1.26. The topological polar surface area (TPSA) is 46.3 Å². The van der Waals surface area contributed by atoms with Gasteiger partial charge in [0.15, 0.2) is 0 Å². The first kappa shape index (κ1) is 17.0. The highest BCUT2D eigenvalue weighted by atomic mass is 35.5. The highest BCUT2D eigenvalue weighted by Gasteiger charge is 2.18. The van der Waals surface area contributed by atoms with E-state index in [9.17, 15) is 4.79 Å². The van der Waals surface area contributed by atoms with Crippen molar-refractivity contribution in [1.29, 1.82) is 0 Å². The quantitative estimate of drug-likeness (QED) is 0.919. The maximum atomic E-state index is 12.1. The Bertz CT molecular complexity index is 570. The fourth-order valence-corrected chi connectivity index (χ4v) is 3.16. The van der Waals surface area contributed by atoms with Crippen molar-refractivity contribution in [2.75, 3.05) is 7.05 Å². The Morgan fingerprint density at radius 3 is 2.80 bits per heavy atom. The summed E-state index contributed by atoms with van der Waals surface area (Å²) in [7, 11) is 1.82. The summed E-state index contributed by atoms with van der Waals surface area (Å²) in [5.41, 5.74) is 7.08. The molecule has 5 heteroatoms. The van der Waals surface area contributed by atoms with Crippen molar-refractivity contribution in [3.8, 4) is 0 Å². The van der Waals surface area contributed by atoms with Crippen LogP contribution >= 0.6 is 23.7 Å². The lowest BCUT2D eigenvalue weighted by atomic mass is 10.1. The molecule has 1 heterocycles. The number of benzene rings is 1. The van der Waals surface area contributed by atoms with Crippen molar-refractivity contribution in [1.82, 2.24) is 4.90 Å². The van der Waals surface area contributed by atoms with E-state index in [1.807, 2.05) is 26.1 Å². The average molecular weight is 313 g/mol. The smallest absolute Gasteiger partial charge is 0.239 e. The molecule has 0 aliphatic rings. The van der Waals surface area contributed by atoms with E-state index in [2.05, 4.69) is 17.5 Å². The van der Waals surface area contributed by atoms with Crippen LogP contribution in [0.25, 0.3) is 10.1 Å². The van der Waals surface area contributed by atoms with Gasteiger partial charge in [-0.05, 0) is 28.8 Å². The lowest BCUT2D eigenvalue weighted by Gasteiger charge is -2.20. The number of amides is 1. The average Bonchev–Trinajstić information content (AvgIpc) is 2.81. The van der Waals surface area contributed by atoms with Gasteiger partial charge in [-0.3, -0.25) is 4.79 Å². The van der Waals surface area contributed by atoms with Crippen molar-refractivity contribution in [3.05, 3.63) is 35.2 Å². The molecule has 1 atom stereocenters. The van der Waals surface area contributed by atoms with E-state index in [-0.39, 0.29) is 24.4 Å². The van der Waals surface area contributed by atoms with E-state index in [1.54, 1.807) is 16.2 Å². The molecule has 0 spiro atoms. The lowest BCUT2D eigenvalue weighted by Crippen LogP contribution is -2.41. The fraction of sp³-hybridized carbons (Fsp3) is 0.400. The third-order valence-electron chi connectivity index (χ3n) is 3.26. The summed E-state index contributed by atoms with van der Waals surface area (Å²) >= 11 is 1.72. The van der Waals surface area contributed by atoms with Crippen LogP contribution in [0.3, 0.4) is 0 Å². The number of hydrogen-bond acceptors (Lipinski definition) is 3. The maximum absolute atomic E-state index is 12.1. The molecule has 0 fully saturated rings. The Labute approximate surface area is 130 Å². The summed E-state index contributed by atoms with van der Waals surface area (Å²) in [6.45, 7) is 2.67. The molecule has 0 bridgehead atoms. The molecular weight excluding hydrogens is 292 g/mol. The number of rotatable bonds is 5. The number of carbonyl (C=O) groups excluding carboxylic acids is 1. The summed E-state index contributed by atoms with van der Waals surface area (Å²) in [5, 5.41) is 3.36. The van der Waals surface area contributed by atoms with Crippen LogP contribution in [-0.2, 0) is 11.3 Å². The first-order valence-electron chi connectivity index (χ1n) is 6.59. The molecule has 1 aromatic carbocycles. The lowest BCUT2D eigenvalue weighted by molar-refractivity contribution is -0.131. The van der Waals surface area contributed by atoms with E-state index in [0.29, 0.717) is 6.54 Å². The molecule has 0 aliphatic carbocycles. The van der Waals surface area contributed by atoms with Crippen LogP contribution in [0.1, 0.15) is 25.3 Å². The first-order valence-corrected chi connectivity index (χ1v) is 7.47. The number of thiophene rings is 1. The first-order chi connectivity index (χ1) is 9.13. The molecule has 1 unspecified atom stereocenters. The summed E-state index contributed by atoms with van der Waals surface area (Å²) in [6, 6.07) is 7.90. The van der Waals surface area contributed by atoms with Crippen molar-refractivity contribution >= 4 is 39.7 Å². The molecule has 0 saturated heterocycles. The van der Waals surface area contributed by atoms with Crippen LogP contribution in [0.2, 0.25) is 0 Å². The van der Waals surface area contributed by atoms with E-state index in [4.69, 9.17) is 5.73 Å². The van der Waals surface area contributed by atoms with Crippen molar-refractivity contribution in [2.24, 2.45) is 5.73 Å². The molecule has 2 rings (SSSR count). The van der Waals surface area contributed by atoms with Crippen LogP contribution in [0.4, 0.5) is 0 Å². The van der Waals surface area contributed by atoms with Crippen molar-refractivity contribution in [2.45, 2.75) is 32.4 Å². The minimum atomic E-state index is -0.375. The van der Waals surface area contributed by atoms with Gasteiger partial charge in [0, 0.05) is 18.3 Å². The number of fused-ring (bicyclic) bond motifs is 1. The van der Waals surface area contributed by atoms with Gasteiger partial charge in [-0.25, -0.2) is 0 Å². The fourth-order valence-electron chi connectivity index (χ4n) is 2.21. The van der Waals surface area contributed by atoms with Crippen LogP contribution in [0.15, 0.2) is 29.6 Å². The van der Waals surface area contributed by atoms with Gasteiger partial charge < -0.3 is 10.6 Å². The van der Waals surface area contributed by atoms with Crippen molar-refractivity contribution in [3.63, 3.8) is 0 Å². The van der Waals surface area contributed by atoms with Crippen LogP contribution in [0.5, 0.6) is 0 Å². The van der Waals surface area contributed by atoms with E-state index < -0.39 is 0 Å².